The molecule has 0 radical (unpaired) electrons. The van der Waals surface area contributed by atoms with Gasteiger partial charge >= 0.3 is 0 Å². The first-order valence-corrected chi connectivity index (χ1v) is 6.82. The van der Waals surface area contributed by atoms with Crippen molar-refractivity contribution < 1.29 is 0 Å². The van der Waals surface area contributed by atoms with Gasteiger partial charge in [0.2, 0.25) is 0 Å². The quantitative estimate of drug-likeness (QED) is 0.802. The molecule has 0 atom stereocenters. The number of benzene rings is 1. The predicted molar refractivity (Wildman–Crippen MR) is 78.9 cm³/mol. The molecule has 1 N–H and O–H groups in total. The number of hydrogen-bond donors (Lipinski definition) is 1. The van der Waals surface area contributed by atoms with Gasteiger partial charge in [-0.3, -0.25) is 0 Å². The third kappa shape index (κ3) is 2.58. The predicted octanol–water partition coefficient (Wildman–Crippen LogP) is 5.07. The molecule has 2 nitrogen and oxygen atoms in total. The normalized spacial score (nSPS) is 10.6. The van der Waals surface area contributed by atoms with E-state index in [0.29, 0.717) is 14.7 Å². The average Bonchev–Trinajstić information content (AvgIpc) is 2.36. The van der Waals surface area contributed by atoms with Gasteiger partial charge in [-0.25, -0.2) is 4.98 Å². The Balaban J connectivity index is 2.67. The van der Waals surface area contributed by atoms with Crippen molar-refractivity contribution in [3.8, 4) is 11.3 Å². The zero-order chi connectivity index (χ0) is 13.1. The molecule has 5 heteroatoms. The molecule has 0 saturated heterocycles. The Labute approximate surface area is 121 Å². The van der Waals surface area contributed by atoms with Crippen LogP contribution in [0.2, 0.25) is 10.0 Å². The first-order chi connectivity index (χ1) is 8.65. The molecule has 0 unspecified atom stereocenters. The first-order valence-electron chi connectivity index (χ1n) is 5.66. The van der Waals surface area contributed by atoms with Gasteiger partial charge in [0.15, 0.2) is 0 Å². The summed E-state index contributed by atoms with van der Waals surface area (Å²) in [5.74, 6) is 0. The molecule has 0 spiro atoms. The van der Waals surface area contributed by atoms with E-state index in [-0.39, 0.29) is 0 Å². The van der Waals surface area contributed by atoms with Crippen LogP contribution in [0.1, 0.15) is 18.9 Å². The highest BCUT2D eigenvalue weighted by atomic mass is 35.5. The van der Waals surface area contributed by atoms with E-state index in [4.69, 9.17) is 35.4 Å². The van der Waals surface area contributed by atoms with Crippen molar-refractivity contribution in [2.45, 2.75) is 19.8 Å². The number of halogens is 2. The molecule has 0 bridgehead atoms. The van der Waals surface area contributed by atoms with E-state index in [2.05, 4.69) is 16.9 Å². The lowest BCUT2D eigenvalue weighted by atomic mass is 10.0. The van der Waals surface area contributed by atoms with E-state index in [0.717, 1.165) is 29.7 Å². The van der Waals surface area contributed by atoms with Crippen LogP contribution < -0.4 is 0 Å². The molecule has 1 aromatic heterocycles. The van der Waals surface area contributed by atoms with Crippen molar-refractivity contribution in [3.63, 3.8) is 0 Å². The van der Waals surface area contributed by atoms with E-state index < -0.39 is 0 Å². The molecule has 0 aliphatic carbocycles. The van der Waals surface area contributed by atoms with Gasteiger partial charge in [-0.1, -0.05) is 60.9 Å². The minimum atomic E-state index is 0.535. The number of H-pyrrole nitrogens is 1. The second-order valence-corrected chi connectivity index (χ2v) is 5.08. The van der Waals surface area contributed by atoms with E-state index >= 15 is 0 Å². The maximum atomic E-state index is 6.25. The fourth-order valence-corrected chi connectivity index (χ4v) is 2.50. The lowest BCUT2D eigenvalue weighted by Gasteiger charge is -2.10. The molecule has 94 valence electrons. The molecular formula is C13H12Cl2N2S. The zero-order valence-corrected chi connectivity index (χ0v) is 12.2. The standard InChI is InChI=1S/C13H12Cl2N2S/c1-2-4-9-12(16-7-17-13(9)18)8-5-3-6-10(14)11(8)15/h3,5-7H,2,4H2,1H3,(H,16,17,18). The molecule has 0 aliphatic rings. The van der Waals surface area contributed by atoms with Crippen molar-refractivity contribution in [2.24, 2.45) is 0 Å². The van der Waals surface area contributed by atoms with Crippen LogP contribution in [0.15, 0.2) is 24.5 Å². The number of hydrogen-bond acceptors (Lipinski definition) is 2. The molecule has 0 fully saturated rings. The molecule has 0 aliphatic heterocycles. The summed E-state index contributed by atoms with van der Waals surface area (Å²) in [5, 5.41) is 1.07. The minimum Gasteiger partial charge on any atom is -0.345 e. The fraction of sp³-hybridized carbons (Fsp3) is 0.231. The van der Waals surface area contributed by atoms with Crippen LogP contribution >= 0.6 is 35.4 Å². The summed E-state index contributed by atoms with van der Waals surface area (Å²) in [4.78, 5) is 7.25. The summed E-state index contributed by atoms with van der Waals surface area (Å²) in [7, 11) is 0. The van der Waals surface area contributed by atoms with Gasteiger partial charge < -0.3 is 4.98 Å². The Bertz CT molecular complexity index is 623. The molecule has 0 amide bonds. The Morgan fingerprint density at radius 2 is 2.11 bits per heavy atom. The van der Waals surface area contributed by atoms with Gasteiger partial charge in [0, 0.05) is 11.1 Å². The van der Waals surface area contributed by atoms with Crippen molar-refractivity contribution in [1.82, 2.24) is 9.97 Å². The zero-order valence-electron chi connectivity index (χ0n) is 9.84. The molecule has 1 heterocycles. The first kappa shape index (κ1) is 13.5. The second kappa shape index (κ2) is 5.83. The maximum Gasteiger partial charge on any atom is 0.133 e. The van der Waals surface area contributed by atoms with E-state index in [9.17, 15) is 0 Å². The van der Waals surface area contributed by atoms with E-state index in [1.165, 1.54) is 0 Å². The lowest BCUT2D eigenvalue weighted by Crippen LogP contribution is -1.97. The molecule has 1 aromatic carbocycles. The highest BCUT2D eigenvalue weighted by Crippen LogP contribution is 2.34. The Kier molecular flexibility index (Phi) is 4.38. The number of aromatic nitrogens is 2. The molecule has 0 saturated carbocycles. The summed E-state index contributed by atoms with van der Waals surface area (Å²) < 4.78 is 0.613. The minimum absolute atomic E-state index is 0.535. The molecular weight excluding hydrogens is 287 g/mol. The number of rotatable bonds is 3. The largest absolute Gasteiger partial charge is 0.345 e. The number of nitrogens with zero attached hydrogens (tertiary/aromatic N) is 1. The second-order valence-electron chi connectivity index (χ2n) is 3.91. The smallest absolute Gasteiger partial charge is 0.133 e. The summed E-state index contributed by atoms with van der Waals surface area (Å²) in [6, 6.07) is 5.56. The van der Waals surface area contributed by atoms with Gasteiger partial charge in [0.05, 0.1) is 22.1 Å². The number of nitrogens with one attached hydrogen (secondary N) is 1. The fourth-order valence-electron chi connectivity index (χ4n) is 1.85. The summed E-state index contributed by atoms with van der Waals surface area (Å²) in [6.07, 6.45) is 3.45. The highest BCUT2D eigenvalue weighted by Gasteiger charge is 2.12. The van der Waals surface area contributed by atoms with Gasteiger partial charge in [-0.2, -0.15) is 0 Å². The Morgan fingerprint density at radius 3 is 2.83 bits per heavy atom. The Hall–Kier alpha value is -0.900. The van der Waals surface area contributed by atoms with Crippen molar-refractivity contribution >= 4 is 35.4 Å². The average molecular weight is 299 g/mol. The van der Waals surface area contributed by atoms with Gasteiger partial charge in [-0.15, -0.1) is 0 Å². The highest BCUT2D eigenvalue weighted by molar-refractivity contribution is 7.71. The molecule has 18 heavy (non-hydrogen) atoms. The van der Waals surface area contributed by atoms with Gasteiger partial charge in [0.25, 0.3) is 0 Å². The summed E-state index contributed by atoms with van der Waals surface area (Å²) in [5.41, 5.74) is 2.78. The lowest BCUT2D eigenvalue weighted by molar-refractivity contribution is 0.898. The van der Waals surface area contributed by atoms with Crippen LogP contribution in [-0.4, -0.2) is 9.97 Å². The summed E-state index contributed by atoms with van der Waals surface area (Å²) >= 11 is 17.6. The Morgan fingerprint density at radius 1 is 1.33 bits per heavy atom. The van der Waals surface area contributed by atoms with Crippen LogP contribution in [0, 0.1) is 4.64 Å². The SMILES string of the molecule is CCCc1c(-c2cccc(Cl)c2Cl)[nH]cnc1=S. The van der Waals surface area contributed by atoms with Crippen LogP contribution in [0.5, 0.6) is 0 Å². The topological polar surface area (TPSA) is 28.7 Å². The van der Waals surface area contributed by atoms with Crippen molar-refractivity contribution in [3.05, 3.63) is 44.8 Å². The van der Waals surface area contributed by atoms with E-state index in [1.54, 1.807) is 12.4 Å². The molecule has 2 rings (SSSR count). The third-order valence-corrected chi connectivity index (χ3v) is 3.84. The maximum absolute atomic E-state index is 6.25. The van der Waals surface area contributed by atoms with Crippen LogP contribution in [0.3, 0.4) is 0 Å². The van der Waals surface area contributed by atoms with Crippen LogP contribution in [0.25, 0.3) is 11.3 Å². The van der Waals surface area contributed by atoms with Gasteiger partial charge in [-0.05, 0) is 12.5 Å². The van der Waals surface area contributed by atoms with Crippen LogP contribution in [-0.2, 0) is 6.42 Å². The van der Waals surface area contributed by atoms with Crippen molar-refractivity contribution in [2.75, 3.05) is 0 Å². The van der Waals surface area contributed by atoms with Gasteiger partial charge in [0.1, 0.15) is 4.64 Å². The monoisotopic (exact) mass is 298 g/mol. The van der Waals surface area contributed by atoms with E-state index in [1.807, 2.05) is 12.1 Å². The van der Waals surface area contributed by atoms with Crippen molar-refractivity contribution in [1.29, 1.82) is 0 Å². The number of aromatic amines is 1. The molecule has 2 aromatic rings. The van der Waals surface area contributed by atoms with Crippen LogP contribution in [0.4, 0.5) is 0 Å². The third-order valence-electron chi connectivity index (χ3n) is 2.67. The summed E-state index contributed by atoms with van der Waals surface area (Å²) in [6.45, 7) is 2.10.